The van der Waals surface area contributed by atoms with E-state index in [1.165, 1.54) is 6.26 Å². The van der Waals surface area contributed by atoms with Gasteiger partial charge < -0.3 is 9.73 Å². The van der Waals surface area contributed by atoms with Crippen LogP contribution in [0.15, 0.2) is 70.2 Å². The van der Waals surface area contributed by atoms with Crippen molar-refractivity contribution in [1.82, 2.24) is 4.72 Å². The summed E-state index contributed by atoms with van der Waals surface area (Å²) in [7, 11) is -4.09. The van der Waals surface area contributed by atoms with Crippen LogP contribution in [-0.4, -0.2) is 14.3 Å². The number of nitrogens with one attached hydrogen (secondary N) is 2. The van der Waals surface area contributed by atoms with Gasteiger partial charge in [0.05, 0.1) is 28.8 Å². The van der Waals surface area contributed by atoms with E-state index in [1.807, 2.05) is 0 Å². The fourth-order valence-corrected chi connectivity index (χ4v) is 3.47. The summed E-state index contributed by atoms with van der Waals surface area (Å²) in [6, 6.07) is 9.27. The fraction of sp³-hybridized carbons (Fsp3) is 0.105. The number of amides is 1. The van der Waals surface area contributed by atoms with Crippen LogP contribution in [0.4, 0.5) is 23.2 Å². The highest BCUT2D eigenvalue weighted by Gasteiger charge is 2.30. The standard InChI is InChI=1S/C19H14F4N2O4S/c20-17-8-7-15(30(27,28)24-11-14-2-1-9-29-14)10-16(17)18(26)25-13-5-3-12(4-6-13)19(21,22)23/h1-10,24H,11H2,(H,25,26). The van der Waals surface area contributed by atoms with Crippen LogP contribution in [0.5, 0.6) is 0 Å². The minimum absolute atomic E-state index is 0.0170. The number of rotatable bonds is 6. The highest BCUT2D eigenvalue weighted by atomic mass is 32.2. The molecule has 1 heterocycles. The van der Waals surface area contributed by atoms with Crippen LogP contribution in [0.1, 0.15) is 21.7 Å². The predicted molar refractivity (Wildman–Crippen MR) is 98.5 cm³/mol. The maximum atomic E-state index is 14.1. The van der Waals surface area contributed by atoms with Crippen molar-refractivity contribution in [2.45, 2.75) is 17.6 Å². The number of hydrogen-bond donors (Lipinski definition) is 2. The third kappa shape index (κ3) is 5.05. The molecule has 0 atom stereocenters. The molecule has 1 amide bonds. The molecule has 0 spiro atoms. The van der Waals surface area contributed by atoms with Crippen molar-refractivity contribution in [3.05, 3.63) is 83.6 Å². The third-order valence-electron chi connectivity index (χ3n) is 3.98. The molecule has 1 aromatic heterocycles. The summed E-state index contributed by atoms with van der Waals surface area (Å²) < 4.78 is 84.0. The first-order valence-corrected chi connectivity index (χ1v) is 9.85. The molecule has 0 saturated heterocycles. The summed E-state index contributed by atoms with van der Waals surface area (Å²) in [5, 5.41) is 2.23. The van der Waals surface area contributed by atoms with E-state index >= 15 is 0 Å². The van der Waals surface area contributed by atoms with Crippen LogP contribution >= 0.6 is 0 Å². The molecule has 0 bridgehead atoms. The van der Waals surface area contributed by atoms with Gasteiger partial charge in [0, 0.05) is 5.69 Å². The predicted octanol–water partition coefficient (Wildman–Crippen LogP) is 4.17. The zero-order chi connectivity index (χ0) is 21.9. The molecule has 0 radical (unpaired) electrons. The van der Waals surface area contributed by atoms with Gasteiger partial charge in [0.25, 0.3) is 5.91 Å². The van der Waals surface area contributed by atoms with Gasteiger partial charge in [-0.25, -0.2) is 17.5 Å². The highest BCUT2D eigenvalue weighted by molar-refractivity contribution is 7.89. The lowest BCUT2D eigenvalue weighted by Gasteiger charge is -2.11. The number of anilines is 1. The maximum absolute atomic E-state index is 14.1. The van der Waals surface area contributed by atoms with E-state index in [-0.39, 0.29) is 17.1 Å². The minimum Gasteiger partial charge on any atom is -0.468 e. The van der Waals surface area contributed by atoms with Crippen molar-refractivity contribution >= 4 is 21.6 Å². The Morgan fingerprint density at radius 3 is 2.33 bits per heavy atom. The Bertz CT molecular complexity index is 1140. The Morgan fingerprint density at radius 2 is 1.73 bits per heavy atom. The zero-order valence-corrected chi connectivity index (χ0v) is 15.9. The monoisotopic (exact) mass is 442 g/mol. The number of carbonyl (C=O) groups is 1. The topological polar surface area (TPSA) is 88.4 Å². The molecule has 0 aliphatic heterocycles. The van der Waals surface area contributed by atoms with Gasteiger partial charge in [0.15, 0.2) is 0 Å². The molecule has 0 aliphatic carbocycles. The average Bonchev–Trinajstić information content (AvgIpc) is 3.20. The number of hydrogen-bond acceptors (Lipinski definition) is 4. The molecular weight excluding hydrogens is 428 g/mol. The summed E-state index contributed by atoms with van der Waals surface area (Å²) in [4.78, 5) is 12.0. The maximum Gasteiger partial charge on any atom is 0.416 e. The molecule has 158 valence electrons. The second-order valence-corrected chi connectivity index (χ2v) is 7.84. The van der Waals surface area contributed by atoms with Crippen LogP contribution < -0.4 is 10.0 Å². The summed E-state index contributed by atoms with van der Waals surface area (Å²) in [6.07, 6.45) is -3.18. The van der Waals surface area contributed by atoms with Crippen LogP contribution in [0.2, 0.25) is 0 Å². The van der Waals surface area contributed by atoms with E-state index < -0.39 is 39.1 Å². The SMILES string of the molecule is O=C(Nc1ccc(C(F)(F)F)cc1)c1cc(S(=O)(=O)NCc2ccco2)ccc1F. The normalized spacial score (nSPS) is 12.0. The first-order valence-electron chi connectivity index (χ1n) is 8.36. The summed E-state index contributed by atoms with van der Waals surface area (Å²) >= 11 is 0. The van der Waals surface area contributed by atoms with Gasteiger partial charge in [-0.05, 0) is 54.6 Å². The Kier molecular flexibility index (Phi) is 5.94. The molecule has 30 heavy (non-hydrogen) atoms. The molecule has 0 unspecified atom stereocenters. The Morgan fingerprint density at radius 1 is 1.03 bits per heavy atom. The lowest BCUT2D eigenvalue weighted by atomic mass is 10.1. The Balaban J connectivity index is 1.78. The molecular formula is C19H14F4N2O4S. The smallest absolute Gasteiger partial charge is 0.416 e. The van der Waals surface area contributed by atoms with Crippen molar-refractivity contribution in [1.29, 1.82) is 0 Å². The fourth-order valence-electron chi connectivity index (χ4n) is 2.45. The number of benzene rings is 2. The lowest BCUT2D eigenvalue weighted by Crippen LogP contribution is -2.24. The molecule has 6 nitrogen and oxygen atoms in total. The number of carbonyl (C=O) groups excluding carboxylic acids is 1. The van der Waals surface area contributed by atoms with Crippen LogP contribution in [0.3, 0.4) is 0 Å². The van der Waals surface area contributed by atoms with Gasteiger partial charge in [-0.3, -0.25) is 4.79 Å². The summed E-state index contributed by atoms with van der Waals surface area (Å²) in [6.45, 7) is -0.153. The van der Waals surface area contributed by atoms with Crippen molar-refractivity contribution in [2.24, 2.45) is 0 Å². The van der Waals surface area contributed by atoms with Gasteiger partial charge >= 0.3 is 6.18 Å². The van der Waals surface area contributed by atoms with Gasteiger partial charge in [-0.1, -0.05) is 0 Å². The number of furan rings is 1. The van der Waals surface area contributed by atoms with E-state index in [0.29, 0.717) is 5.76 Å². The van der Waals surface area contributed by atoms with Crippen LogP contribution in [0, 0.1) is 5.82 Å². The lowest BCUT2D eigenvalue weighted by molar-refractivity contribution is -0.137. The van der Waals surface area contributed by atoms with Crippen LogP contribution in [0.25, 0.3) is 0 Å². The Hall–Kier alpha value is -3.18. The summed E-state index contributed by atoms with van der Waals surface area (Å²) in [5.41, 5.74) is -1.52. The van der Waals surface area contributed by atoms with Crippen molar-refractivity contribution in [3.8, 4) is 0 Å². The van der Waals surface area contributed by atoms with E-state index in [0.717, 1.165) is 42.5 Å². The van der Waals surface area contributed by atoms with Crippen molar-refractivity contribution < 1.29 is 35.2 Å². The quantitative estimate of drug-likeness (QED) is 0.561. The number of halogens is 4. The average molecular weight is 442 g/mol. The van der Waals surface area contributed by atoms with E-state index in [1.54, 1.807) is 12.1 Å². The number of sulfonamides is 1. The molecule has 2 N–H and O–H groups in total. The van der Waals surface area contributed by atoms with Crippen LogP contribution in [-0.2, 0) is 22.7 Å². The van der Waals surface area contributed by atoms with Gasteiger partial charge in [0.2, 0.25) is 10.0 Å². The first kappa shape index (κ1) is 21.5. The van der Waals surface area contributed by atoms with Gasteiger partial charge in [-0.15, -0.1) is 0 Å². The molecule has 3 aromatic rings. The molecule has 3 rings (SSSR count). The first-order chi connectivity index (χ1) is 14.1. The molecule has 0 aliphatic rings. The van der Waals surface area contributed by atoms with Gasteiger partial charge in [0.1, 0.15) is 11.6 Å². The van der Waals surface area contributed by atoms with E-state index in [2.05, 4.69) is 10.0 Å². The summed E-state index contributed by atoms with van der Waals surface area (Å²) in [5.74, 6) is -1.67. The zero-order valence-electron chi connectivity index (χ0n) is 15.0. The van der Waals surface area contributed by atoms with Crippen molar-refractivity contribution in [3.63, 3.8) is 0 Å². The second-order valence-electron chi connectivity index (χ2n) is 6.07. The molecule has 0 fully saturated rings. The van der Waals surface area contributed by atoms with Crippen molar-refractivity contribution in [2.75, 3.05) is 5.32 Å². The van der Waals surface area contributed by atoms with E-state index in [9.17, 15) is 30.8 Å². The molecule has 0 saturated carbocycles. The number of alkyl halides is 3. The van der Waals surface area contributed by atoms with E-state index in [4.69, 9.17) is 4.42 Å². The highest BCUT2D eigenvalue weighted by Crippen LogP contribution is 2.30. The second kappa shape index (κ2) is 8.28. The molecule has 11 heteroatoms. The largest absolute Gasteiger partial charge is 0.468 e. The minimum atomic E-state index is -4.54. The molecule has 2 aromatic carbocycles. The van der Waals surface area contributed by atoms with Gasteiger partial charge in [-0.2, -0.15) is 13.2 Å². The third-order valence-corrected chi connectivity index (χ3v) is 5.38. The Labute approximate surface area is 168 Å².